The van der Waals surface area contributed by atoms with Crippen molar-refractivity contribution >= 4 is 17.3 Å². The molecule has 6 rings (SSSR count). The van der Waals surface area contributed by atoms with E-state index in [9.17, 15) is 9.59 Å². The summed E-state index contributed by atoms with van der Waals surface area (Å²) in [6.45, 7) is 1.90. The Kier molecular flexibility index (Phi) is 4.07. The first kappa shape index (κ1) is 16.9. The summed E-state index contributed by atoms with van der Waals surface area (Å²) in [5.41, 5.74) is 1.90. The lowest BCUT2D eigenvalue weighted by Crippen LogP contribution is -2.47. The number of rotatable bonds is 2. The van der Waals surface area contributed by atoms with Gasteiger partial charge in [0.25, 0.3) is 11.8 Å². The highest BCUT2D eigenvalue weighted by molar-refractivity contribution is 6.01. The van der Waals surface area contributed by atoms with Crippen LogP contribution in [0.1, 0.15) is 33.7 Å². The maximum atomic E-state index is 13.3. The Morgan fingerprint density at radius 1 is 0.964 bits per heavy atom. The quantitative estimate of drug-likeness (QED) is 0.688. The summed E-state index contributed by atoms with van der Waals surface area (Å²) in [4.78, 5) is 34.2. The minimum atomic E-state index is -0.0530. The van der Waals surface area contributed by atoms with Gasteiger partial charge >= 0.3 is 0 Å². The molecule has 3 aliphatic heterocycles. The molecule has 3 fully saturated rings. The lowest BCUT2D eigenvalue weighted by Gasteiger charge is -2.35. The van der Waals surface area contributed by atoms with E-state index >= 15 is 0 Å². The molecule has 2 bridgehead atoms. The summed E-state index contributed by atoms with van der Waals surface area (Å²) in [5.74, 6) is 0.239. The third kappa shape index (κ3) is 2.83. The van der Waals surface area contributed by atoms with Crippen LogP contribution >= 0.6 is 0 Å². The highest BCUT2D eigenvalue weighted by atomic mass is 16.2. The van der Waals surface area contributed by atoms with E-state index in [1.807, 2.05) is 40.3 Å². The first-order valence-electron chi connectivity index (χ1n) is 9.64. The van der Waals surface area contributed by atoms with Crippen molar-refractivity contribution in [1.82, 2.24) is 24.4 Å². The number of pyridine rings is 2. The molecule has 0 radical (unpaired) electrons. The predicted molar refractivity (Wildman–Crippen MR) is 103 cm³/mol. The Bertz CT molecular complexity index is 1030. The summed E-state index contributed by atoms with van der Waals surface area (Å²) in [6, 6.07) is 11.1. The molecule has 0 N–H and O–H groups in total. The molecule has 2 atom stereocenters. The van der Waals surface area contributed by atoms with Crippen LogP contribution < -0.4 is 0 Å². The van der Waals surface area contributed by atoms with Crippen molar-refractivity contribution in [2.45, 2.75) is 18.9 Å². The van der Waals surface area contributed by atoms with Gasteiger partial charge in [-0.3, -0.25) is 14.6 Å². The predicted octanol–water partition coefficient (Wildman–Crippen LogP) is 2.11. The summed E-state index contributed by atoms with van der Waals surface area (Å²) < 4.78 is 1.72. The SMILES string of the molecule is O=C(c1ccccn1)N1C[C@@H]2CC[C@H](C1)N(C(=O)c1cnn3ccccc13)C2. The zero-order valence-corrected chi connectivity index (χ0v) is 15.4. The zero-order valence-electron chi connectivity index (χ0n) is 15.4. The Balaban J connectivity index is 1.41. The van der Waals surface area contributed by atoms with E-state index in [0.717, 1.165) is 18.4 Å². The molecule has 3 aromatic heterocycles. The molecule has 7 nitrogen and oxygen atoms in total. The highest BCUT2D eigenvalue weighted by Crippen LogP contribution is 2.30. The lowest BCUT2D eigenvalue weighted by atomic mass is 9.94. The van der Waals surface area contributed by atoms with Crippen molar-refractivity contribution in [1.29, 1.82) is 0 Å². The molecule has 3 saturated heterocycles. The Morgan fingerprint density at radius 3 is 2.71 bits per heavy atom. The average molecular weight is 375 g/mol. The molecule has 6 heterocycles. The maximum absolute atomic E-state index is 13.3. The third-order valence-corrected chi connectivity index (χ3v) is 5.80. The molecule has 0 spiro atoms. The van der Waals surface area contributed by atoms with Crippen LogP contribution in [0.4, 0.5) is 0 Å². The molecule has 3 aliphatic rings. The van der Waals surface area contributed by atoms with Crippen molar-refractivity contribution < 1.29 is 9.59 Å². The van der Waals surface area contributed by atoms with Crippen LogP contribution in [-0.2, 0) is 0 Å². The number of carbonyl (C=O) groups is 2. The van der Waals surface area contributed by atoms with Gasteiger partial charge in [0.1, 0.15) is 5.69 Å². The van der Waals surface area contributed by atoms with Crippen LogP contribution in [0.25, 0.3) is 5.52 Å². The molecular weight excluding hydrogens is 354 g/mol. The van der Waals surface area contributed by atoms with Crippen LogP contribution in [0.2, 0.25) is 0 Å². The number of piperidine rings is 1. The number of aromatic nitrogens is 3. The standard InChI is InChI=1S/C21H21N5O2/c27-20(17-11-23-26-10-4-2-6-19(17)26)25-13-15-7-8-16(25)14-24(12-15)21(28)18-5-1-3-9-22-18/h1-6,9-11,15-16H,7-8,12-14H2/t15-,16+/m0/s1. The molecule has 28 heavy (non-hydrogen) atoms. The number of hydrogen-bond acceptors (Lipinski definition) is 4. The van der Waals surface area contributed by atoms with Crippen molar-refractivity contribution in [2.24, 2.45) is 5.92 Å². The average Bonchev–Trinajstić information content (AvgIpc) is 2.95. The van der Waals surface area contributed by atoms with Crippen molar-refractivity contribution in [3.8, 4) is 0 Å². The molecule has 0 saturated carbocycles. The lowest BCUT2D eigenvalue weighted by molar-refractivity contribution is 0.0575. The van der Waals surface area contributed by atoms with Gasteiger partial charge in [0.05, 0.1) is 17.3 Å². The van der Waals surface area contributed by atoms with Gasteiger partial charge in [-0.1, -0.05) is 12.1 Å². The van der Waals surface area contributed by atoms with Crippen molar-refractivity contribution in [3.05, 3.63) is 66.2 Å². The second-order valence-electron chi connectivity index (χ2n) is 7.57. The van der Waals surface area contributed by atoms with Gasteiger partial charge in [-0.2, -0.15) is 5.10 Å². The van der Waals surface area contributed by atoms with E-state index in [-0.39, 0.29) is 23.8 Å². The Labute approximate surface area is 162 Å². The molecule has 0 unspecified atom stereocenters. The fourth-order valence-electron chi connectivity index (χ4n) is 4.40. The largest absolute Gasteiger partial charge is 0.335 e. The van der Waals surface area contributed by atoms with Crippen LogP contribution in [0.15, 0.2) is 55.0 Å². The fourth-order valence-corrected chi connectivity index (χ4v) is 4.40. The number of nitrogens with zero attached hydrogens (tertiary/aromatic N) is 5. The number of amides is 2. The van der Waals surface area contributed by atoms with Crippen LogP contribution in [-0.4, -0.2) is 61.9 Å². The van der Waals surface area contributed by atoms with Crippen LogP contribution in [0.3, 0.4) is 0 Å². The number of fused-ring (bicyclic) bond motifs is 5. The van der Waals surface area contributed by atoms with Gasteiger partial charge in [0.2, 0.25) is 0 Å². The first-order chi connectivity index (χ1) is 13.7. The van der Waals surface area contributed by atoms with Crippen molar-refractivity contribution in [2.75, 3.05) is 19.6 Å². The second-order valence-corrected chi connectivity index (χ2v) is 7.57. The summed E-state index contributed by atoms with van der Waals surface area (Å²) in [7, 11) is 0. The molecule has 142 valence electrons. The van der Waals surface area contributed by atoms with E-state index in [2.05, 4.69) is 10.1 Å². The van der Waals surface area contributed by atoms with Gasteiger partial charge in [-0.15, -0.1) is 0 Å². The smallest absolute Gasteiger partial charge is 0.272 e. The van der Waals surface area contributed by atoms with Gasteiger partial charge < -0.3 is 9.80 Å². The number of carbonyl (C=O) groups excluding carboxylic acids is 2. The molecule has 3 aromatic rings. The van der Waals surface area contributed by atoms with Gasteiger partial charge in [0, 0.05) is 38.1 Å². The molecule has 2 amide bonds. The van der Waals surface area contributed by atoms with E-state index in [1.54, 1.807) is 29.0 Å². The maximum Gasteiger partial charge on any atom is 0.272 e. The fraction of sp³-hybridized carbons (Fsp3) is 0.333. The van der Waals surface area contributed by atoms with E-state index < -0.39 is 0 Å². The summed E-state index contributed by atoms with van der Waals surface area (Å²) in [6.07, 6.45) is 7.08. The van der Waals surface area contributed by atoms with E-state index in [4.69, 9.17) is 0 Å². The summed E-state index contributed by atoms with van der Waals surface area (Å²) >= 11 is 0. The zero-order chi connectivity index (χ0) is 19.1. The Hall–Kier alpha value is -3.22. The van der Waals surface area contributed by atoms with E-state index in [1.165, 1.54) is 0 Å². The normalized spacial score (nSPS) is 21.7. The second kappa shape index (κ2) is 6.74. The highest BCUT2D eigenvalue weighted by Gasteiger charge is 2.39. The molecule has 0 aromatic carbocycles. The monoisotopic (exact) mass is 375 g/mol. The topological polar surface area (TPSA) is 70.8 Å². The van der Waals surface area contributed by atoms with Crippen LogP contribution in [0, 0.1) is 5.92 Å². The van der Waals surface area contributed by atoms with E-state index in [0.29, 0.717) is 30.9 Å². The first-order valence-corrected chi connectivity index (χ1v) is 9.64. The van der Waals surface area contributed by atoms with Gasteiger partial charge in [0.15, 0.2) is 0 Å². The molecule has 7 heteroatoms. The van der Waals surface area contributed by atoms with Crippen LogP contribution in [0.5, 0.6) is 0 Å². The van der Waals surface area contributed by atoms with Gasteiger partial charge in [-0.05, 0) is 43.0 Å². The minimum Gasteiger partial charge on any atom is -0.335 e. The summed E-state index contributed by atoms with van der Waals surface area (Å²) in [5, 5.41) is 4.30. The third-order valence-electron chi connectivity index (χ3n) is 5.80. The molecule has 0 aliphatic carbocycles. The Morgan fingerprint density at radius 2 is 1.86 bits per heavy atom. The van der Waals surface area contributed by atoms with Gasteiger partial charge in [-0.25, -0.2) is 4.52 Å². The van der Waals surface area contributed by atoms with Crippen molar-refractivity contribution in [3.63, 3.8) is 0 Å². The minimum absolute atomic E-state index is 0.00281. The number of hydrogen-bond donors (Lipinski definition) is 0. The molecular formula is C21H21N5O2.